The van der Waals surface area contributed by atoms with Gasteiger partial charge in [-0.2, -0.15) is 26.3 Å². The van der Waals surface area contributed by atoms with Crippen molar-refractivity contribution in [1.29, 1.82) is 0 Å². The second-order valence-electron chi connectivity index (χ2n) is 8.49. The first-order valence-corrected chi connectivity index (χ1v) is 10.8. The fraction of sp³-hybridized carbons (Fsp3) is 0.478. The minimum absolute atomic E-state index is 0.131. The maximum absolute atomic E-state index is 13.2. The van der Waals surface area contributed by atoms with E-state index in [0.717, 1.165) is 33.5 Å². The molecule has 2 rings (SSSR count). The van der Waals surface area contributed by atoms with Crippen molar-refractivity contribution in [2.45, 2.75) is 76.5 Å². The van der Waals surface area contributed by atoms with Crippen LogP contribution in [-0.2, 0) is 12.4 Å². The second-order valence-corrected chi connectivity index (χ2v) is 9.31. The number of rotatable bonds is 6. The molecule has 172 valence electrons. The molecule has 0 bridgehead atoms. The zero-order valence-electron chi connectivity index (χ0n) is 18.3. The summed E-state index contributed by atoms with van der Waals surface area (Å²) in [5.41, 5.74) is 0.244. The number of alkyl halides is 6. The van der Waals surface area contributed by atoms with E-state index < -0.39 is 23.5 Å². The Labute approximate surface area is 183 Å². The highest BCUT2D eigenvalue weighted by Crippen LogP contribution is 2.41. The van der Waals surface area contributed by atoms with Gasteiger partial charge in [0, 0.05) is 10.6 Å². The number of anilines is 1. The van der Waals surface area contributed by atoms with Crippen LogP contribution in [-0.4, -0.2) is 0 Å². The molecule has 0 atom stereocenters. The van der Waals surface area contributed by atoms with Crippen molar-refractivity contribution >= 4 is 17.6 Å². The monoisotopic (exact) mass is 463 g/mol. The van der Waals surface area contributed by atoms with Gasteiger partial charge in [0.2, 0.25) is 0 Å². The molecule has 0 aliphatic heterocycles. The van der Waals surface area contributed by atoms with E-state index in [4.69, 9.17) is 0 Å². The summed E-state index contributed by atoms with van der Waals surface area (Å²) in [6, 6.07) is 5.67. The maximum Gasteiger partial charge on any atom is 0.416 e. The van der Waals surface area contributed by atoms with E-state index in [2.05, 4.69) is 30.7 Å². The third-order valence-electron chi connectivity index (χ3n) is 4.94. The molecule has 31 heavy (non-hydrogen) atoms. The van der Waals surface area contributed by atoms with Crippen molar-refractivity contribution in [2.75, 3.05) is 4.72 Å². The number of halogens is 6. The third-order valence-corrected chi connectivity index (χ3v) is 5.95. The van der Waals surface area contributed by atoms with Crippen LogP contribution in [0, 0.1) is 0 Å². The Kier molecular flexibility index (Phi) is 7.67. The van der Waals surface area contributed by atoms with Crippen LogP contribution in [0.25, 0.3) is 0 Å². The molecule has 0 unspecified atom stereocenters. The fourth-order valence-corrected chi connectivity index (χ4v) is 4.29. The summed E-state index contributed by atoms with van der Waals surface area (Å²) in [6.45, 7) is 12.2. The van der Waals surface area contributed by atoms with Crippen molar-refractivity contribution in [3.8, 4) is 0 Å². The molecule has 0 saturated heterocycles. The predicted octanol–water partition coefficient (Wildman–Crippen LogP) is 9.21. The van der Waals surface area contributed by atoms with Gasteiger partial charge in [-0.1, -0.05) is 53.7 Å². The molecule has 8 heteroatoms. The molecular formula is C23H27F6NS. The molecule has 0 aliphatic rings. The van der Waals surface area contributed by atoms with E-state index in [0.29, 0.717) is 18.1 Å². The quantitative estimate of drug-likeness (QED) is 0.338. The third kappa shape index (κ3) is 6.34. The Morgan fingerprint density at radius 1 is 0.645 bits per heavy atom. The highest BCUT2D eigenvalue weighted by molar-refractivity contribution is 8.00. The van der Waals surface area contributed by atoms with Crippen molar-refractivity contribution in [3.05, 3.63) is 58.1 Å². The molecule has 0 aliphatic carbocycles. The van der Waals surface area contributed by atoms with Crippen LogP contribution >= 0.6 is 11.9 Å². The van der Waals surface area contributed by atoms with Gasteiger partial charge < -0.3 is 4.72 Å². The first-order valence-electron chi connectivity index (χ1n) is 10.0. The van der Waals surface area contributed by atoms with E-state index in [1.807, 2.05) is 27.7 Å². The summed E-state index contributed by atoms with van der Waals surface area (Å²) in [7, 11) is 0. The van der Waals surface area contributed by atoms with E-state index >= 15 is 0 Å². The minimum atomic E-state index is -4.88. The first kappa shape index (κ1) is 25.4. The van der Waals surface area contributed by atoms with Crippen LogP contribution in [0.1, 0.15) is 87.1 Å². The summed E-state index contributed by atoms with van der Waals surface area (Å²) in [6.07, 6.45) is -9.76. The topological polar surface area (TPSA) is 12.0 Å². The van der Waals surface area contributed by atoms with Gasteiger partial charge in [0.05, 0.1) is 11.1 Å². The predicted molar refractivity (Wildman–Crippen MR) is 115 cm³/mol. The van der Waals surface area contributed by atoms with Gasteiger partial charge in [0.1, 0.15) is 0 Å². The lowest BCUT2D eigenvalue weighted by atomic mass is 9.89. The van der Waals surface area contributed by atoms with E-state index in [1.165, 1.54) is 0 Å². The van der Waals surface area contributed by atoms with Gasteiger partial charge in [-0.05, 0) is 64.6 Å². The van der Waals surface area contributed by atoms with Crippen LogP contribution in [0.2, 0.25) is 0 Å². The van der Waals surface area contributed by atoms with Gasteiger partial charge in [-0.25, -0.2) is 0 Å². The summed E-state index contributed by atoms with van der Waals surface area (Å²) >= 11 is 1.06. The van der Waals surface area contributed by atoms with Crippen LogP contribution in [0.15, 0.2) is 35.2 Å². The molecule has 0 radical (unpaired) electrons. The van der Waals surface area contributed by atoms with Gasteiger partial charge in [-0.15, -0.1) is 0 Å². The largest absolute Gasteiger partial charge is 0.416 e. The molecule has 0 aromatic heterocycles. The number of hydrogen-bond donors (Lipinski definition) is 1. The summed E-state index contributed by atoms with van der Waals surface area (Å²) in [5, 5.41) is 0. The van der Waals surface area contributed by atoms with Crippen molar-refractivity contribution in [3.63, 3.8) is 0 Å². The summed E-state index contributed by atoms with van der Waals surface area (Å²) < 4.78 is 81.7. The standard InChI is InChI=1S/C23H27F6NS/c1-12(2)15-7-19(13(3)4)21(20(8-15)14(5)6)31-30-18-10-16(22(24,25)26)9-17(11-18)23(27,28)29/h7-14,30H,1-6H3. The van der Waals surface area contributed by atoms with E-state index in [9.17, 15) is 26.3 Å². The van der Waals surface area contributed by atoms with Crippen molar-refractivity contribution in [2.24, 2.45) is 0 Å². The molecule has 2 aromatic carbocycles. The molecule has 2 aromatic rings. The number of nitrogens with one attached hydrogen (secondary N) is 1. The Morgan fingerprint density at radius 2 is 1.06 bits per heavy atom. The highest BCUT2D eigenvalue weighted by Gasteiger charge is 2.37. The normalized spacial score (nSPS) is 12.9. The molecule has 0 amide bonds. The summed E-state index contributed by atoms with van der Waals surface area (Å²) in [5.74, 6) is 0.556. The first-order chi connectivity index (χ1) is 14.1. The average molecular weight is 464 g/mol. The maximum atomic E-state index is 13.2. The molecule has 0 fully saturated rings. The smallest absolute Gasteiger partial charge is 0.326 e. The molecule has 1 N–H and O–H groups in total. The highest BCUT2D eigenvalue weighted by atomic mass is 32.2. The minimum Gasteiger partial charge on any atom is -0.326 e. The lowest BCUT2D eigenvalue weighted by Gasteiger charge is -2.23. The van der Waals surface area contributed by atoms with Crippen LogP contribution in [0.5, 0.6) is 0 Å². The Morgan fingerprint density at radius 3 is 1.39 bits per heavy atom. The zero-order chi connectivity index (χ0) is 23.7. The Balaban J connectivity index is 2.53. The van der Waals surface area contributed by atoms with Crippen molar-refractivity contribution < 1.29 is 26.3 Å². The van der Waals surface area contributed by atoms with E-state index in [1.54, 1.807) is 0 Å². The summed E-state index contributed by atoms with van der Waals surface area (Å²) in [4.78, 5) is 0.834. The fourth-order valence-electron chi connectivity index (χ4n) is 3.13. The Hall–Kier alpha value is -1.83. The molecular weight excluding hydrogens is 436 g/mol. The molecule has 0 heterocycles. The lowest BCUT2D eigenvalue weighted by molar-refractivity contribution is -0.143. The van der Waals surface area contributed by atoms with E-state index in [-0.39, 0.29) is 23.6 Å². The van der Waals surface area contributed by atoms with Crippen LogP contribution in [0.4, 0.5) is 32.0 Å². The number of hydrogen-bond acceptors (Lipinski definition) is 2. The van der Waals surface area contributed by atoms with Gasteiger partial charge in [0.25, 0.3) is 0 Å². The molecule has 0 saturated carbocycles. The number of benzene rings is 2. The SMILES string of the molecule is CC(C)c1cc(C(C)C)c(SNc2cc(C(F)(F)F)cc(C(F)(F)F)c2)c(C(C)C)c1. The molecule has 0 spiro atoms. The van der Waals surface area contributed by atoms with Crippen LogP contribution < -0.4 is 4.72 Å². The van der Waals surface area contributed by atoms with Gasteiger partial charge >= 0.3 is 12.4 Å². The average Bonchev–Trinajstić information content (AvgIpc) is 2.63. The van der Waals surface area contributed by atoms with Crippen molar-refractivity contribution in [1.82, 2.24) is 0 Å². The molecule has 1 nitrogen and oxygen atoms in total. The van der Waals surface area contributed by atoms with Crippen LogP contribution in [0.3, 0.4) is 0 Å². The van der Waals surface area contributed by atoms with Gasteiger partial charge in [0.15, 0.2) is 0 Å². The van der Waals surface area contributed by atoms with Gasteiger partial charge in [-0.3, -0.25) is 0 Å². The zero-order valence-corrected chi connectivity index (χ0v) is 19.1. The second kappa shape index (κ2) is 9.35. The lowest BCUT2D eigenvalue weighted by Crippen LogP contribution is -2.11. The Bertz CT molecular complexity index is 852.